The van der Waals surface area contributed by atoms with Crippen molar-refractivity contribution in [2.24, 2.45) is 0 Å². The number of aliphatic carboxylic acids is 1. The molecule has 0 aliphatic heterocycles. The number of amides is 1. The maximum atomic E-state index is 12.3. The van der Waals surface area contributed by atoms with Crippen molar-refractivity contribution in [2.75, 3.05) is 11.1 Å². The van der Waals surface area contributed by atoms with E-state index in [9.17, 15) is 24.3 Å². The Morgan fingerprint density at radius 2 is 1.91 bits per heavy atom. The molecule has 3 rings (SSSR count). The molecule has 0 saturated carbocycles. The predicted octanol–water partition coefficient (Wildman–Crippen LogP) is -0.113. The van der Waals surface area contributed by atoms with Crippen LogP contribution < -0.4 is 21.9 Å². The second-order valence-corrected chi connectivity index (χ2v) is 6.78. The zero-order valence-electron chi connectivity index (χ0n) is 16.9. The van der Waals surface area contributed by atoms with Crippen molar-refractivity contribution < 1.29 is 29.6 Å². The molecular formula is C19H19N7O7. The largest absolute Gasteiger partial charge is 0.480 e. The van der Waals surface area contributed by atoms with Crippen LogP contribution in [0.15, 0.2) is 35.3 Å². The Kier molecular flexibility index (Phi) is 7.10. The lowest BCUT2D eigenvalue weighted by atomic mass is 10.1. The Morgan fingerprint density at radius 1 is 1.18 bits per heavy atom. The number of carbonyl (C=O) groups is 3. The van der Waals surface area contributed by atoms with Crippen LogP contribution >= 0.6 is 0 Å². The van der Waals surface area contributed by atoms with Crippen molar-refractivity contribution in [3.63, 3.8) is 0 Å². The summed E-state index contributed by atoms with van der Waals surface area (Å²) in [4.78, 5) is 64.5. The van der Waals surface area contributed by atoms with Crippen molar-refractivity contribution >= 4 is 40.6 Å². The van der Waals surface area contributed by atoms with E-state index in [-0.39, 0.29) is 42.1 Å². The van der Waals surface area contributed by atoms with E-state index in [2.05, 4.69) is 35.5 Å². The average Bonchev–Trinajstić information content (AvgIpc) is 2.80. The fourth-order valence-corrected chi connectivity index (χ4v) is 2.80. The average molecular weight is 457 g/mol. The number of carboxylic acid groups (broad SMARTS) is 1. The zero-order chi connectivity index (χ0) is 24.0. The Bertz CT molecular complexity index is 1240. The maximum absolute atomic E-state index is 12.3. The molecule has 0 saturated heterocycles. The SMILES string of the molecule is Nc1nc2ncc(CNc3ccc(C(=O)NC(CCC(=O)OO)C(=O)O)cc3)nc2c(=O)[nH]1. The summed E-state index contributed by atoms with van der Waals surface area (Å²) in [5, 5.41) is 22.8. The van der Waals surface area contributed by atoms with E-state index in [1.165, 1.54) is 18.3 Å². The number of hydrogen-bond acceptors (Lipinski definition) is 11. The van der Waals surface area contributed by atoms with Gasteiger partial charge in [0.05, 0.1) is 24.9 Å². The minimum Gasteiger partial charge on any atom is -0.480 e. The van der Waals surface area contributed by atoms with E-state index in [1.54, 1.807) is 12.1 Å². The molecule has 1 amide bonds. The lowest BCUT2D eigenvalue weighted by molar-refractivity contribution is -0.234. The van der Waals surface area contributed by atoms with Gasteiger partial charge < -0.3 is 26.4 Å². The Balaban J connectivity index is 1.61. The van der Waals surface area contributed by atoms with Gasteiger partial charge in [-0.2, -0.15) is 10.2 Å². The van der Waals surface area contributed by atoms with Crippen LogP contribution in [0.5, 0.6) is 0 Å². The lowest BCUT2D eigenvalue weighted by Crippen LogP contribution is -2.41. The van der Waals surface area contributed by atoms with Crippen molar-refractivity contribution in [3.8, 4) is 0 Å². The highest BCUT2D eigenvalue weighted by atomic mass is 17.1. The van der Waals surface area contributed by atoms with Crippen molar-refractivity contribution in [2.45, 2.75) is 25.4 Å². The fraction of sp³-hybridized carbons (Fsp3) is 0.211. The van der Waals surface area contributed by atoms with Crippen molar-refractivity contribution in [1.29, 1.82) is 0 Å². The molecule has 2 aromatic heterocycles. The number of fused-ring (bicyclic) bond motifs is 1. The number of anilines is 2. The minimum atomic E-state index is -1.34. The van der Waals surface area contributed by atoms with Gasteiger partial charge in [-0.25, -0.2) is 19.6 Å². The molecule has 0 aliphatic rings. The molecular weight excluding hydrogens is 438 g/mol. The van der Waals surface area contributed by atoms with Gasteiger partial charge in [0.15, 0.2) is 11.2 Å². The van der Waals surface area contributed by atoms with Crippen molar-refractivity contribution in [3.05, 3.63) is 52.1 Å². The summed E-state index contributed by atoms with van der Waals surface area (Å²) in [5.41, 5.74) is 6.43. The third kappa shape index (κ3) is 5.98. The van der Waals surface area contributed by atoms with E-state index in [4.69, 9.17) is 11.0 Å². The van der Waals surface area contributed by atoms with Crippen LogP contribution in [-0.4, -0.2) is 54.2 Å². The minimum absolute atomic E-state index is 0.0516. The number of carbonyl (C=O) groups excluding carboxylic acids is 2. The van der Waals surface area contributed by atoms with E-state index < -0.39 is 29.4 Å². The summed E-state index contributed by atoms with van der Waals surface area (Å²) in [7, 11) is 0. The maximum Gasteiger partial charge on any atom is 0.342 e. The zero-order valence-corrected chi connectivity index (χ0v) is 16.9. The van der Waals surface area contributed by atoms with Gasteiger partial charge in [0.25, 0.3) is 11.5 Å². The van der Waals surface area contributed by atoms with Gasteiger partial charge in [0.1, 0.15) is 6.04 Å². The number of carboxylic acids is 1. The topological polar surface area (TPSA) is 223 Å². The molecule has 3 aromatic rings. The number of benzene rings is 1. The molecule has 7 N–H and O–H groups in total. The number of aromatic nitrogens is 4. The fourth-order valence-electron chi connectivity index (χ4n) is 2.80. The molecule has 0 bridgehead atoms. The van der Waals surface area contributed by atoms with Crippen LogP contribution in [0.3, 0.4) is 0 Å². The molecule has 2 heterocycles. The number of hydrogen-bond donors (Lipinski definition) is 6. The van der Waals surface area contributed by atoms with E-state index in [0.29, 0.717) is 11.4 Å². The van der Waals surface area contributed by atoms with Crippen LogP contribution in [0.1, 0.15) is 28.9 Å². The first kappa shape index (κ1) is 23.1. The highest BCUT2D eigenvalue weighted by Crippen LogP contribution is 2.12. The molecule has 0 aliphatic carbocycles. The molecule has 0 spiro atoms. The van der Waals surface area contributed by atoms with Crippen LogP contribution in [-0.2, 0) is 21.0 Å². The molecule has 0 radical (unpaired) electrons. The van der Waals surface area contributed by atoms with Crippen LogP contribution in [0.25, 0.3) is 11.2 Å². The number of aromatic amines is 1. The van der Waals surface area contributed by atoms with Gasteiger partial charge in [-0.05, 0) is 30.7 Å². The molecule has 14 heteroatoms. The number of nitrogens with one attached hydrogen (secondary N) is 3. The predicted molar refractivity (Wildman–Crippen MR) is 113 cm³/mol. The van der Waals surface area contributed by atoms with E-state index in [1.807, 2.05) is 0 Å². The van der Waals surface area contributed by atoms with Crippen LogP contribution in [0, 0.1) is 0 Å². The van der Waals surface area contributed by atoms with Gasteiger partial charge in [-0.3, -0.25) is 14.6 Å². The summed E-state index contributed by atoms with van der Waals surface area (Å²) in [5.74, 6) is -3.05. The lowest BCUT2D eigenvalue weighted by Gasteiger charge is -2.14. The van der Waals surface area contributed by atoms with E-state index >= 15 is 0 Å². The number of nitrogens with two attached hydrogens (primary N) is 1. The number of H-pyrrole nitrogens is 1. The molecule has 14 nitrogen and oxygen atoms in total. The van der Waals surface area contributed by atoms with Crippen molar-refractivity contribution in [1.82, 2.24) is 25.3 Å². The molecule has 1 atom stereocenters. The Labute approximate surface area is 184 Å². The first-order valence-corrected chi connectivity index (χ1v) is 9.50. The number of nitrogens with zero attached hydrogens (tertiary/aromatic N) is 3. The van der Waals surface area contributed by atoms with E-state index in [0.717, 1.165) is 0 Å². The summed E-state index contributed by atoms with van der Waals surface area (Å²) < 4.78 is 0. The number of rotatable bonds is 9. The summed E-state index contributed by atoms with van der Waals surface area (Å²) in [6.45, 7) is 0.223. The third-order valence-corrected chi connectivity index (χ3v) is 4.45. The van der Waals surface area contributed by atoms with Gasteiger partial charge in [-0.15, -0.1) is 0 Å². The van der Waals surface area contributed by atoms with Gasteiger partial charge in [0.2, 0.25) is 5.95 Å². The monoisotopic (exact) mass is 457 g/mol. The summed E-state index contributed by atoms with van der Waals surface area (Å²) >= 11 is 0. The summed E-state index contributed by atoms with van der Waals surface area (Å²) in [6, 6.07) is 4.80. The Morgan fingerprint density at radius 3 is 2.58 bits per heavy atom. The highest BCUT2D eigenvalue weighted by Gasteiger charge is 2.22. The Hall–Kier alpha value is -4.59. The first-order chi connectivity index (χ1) is 15.8. The van der Waals surface area contributed by atoms with Gasteiger partial charge >= 0.3 is 11.9 Å². The number of nitrogen functional groups attached to an aromatic ring is 1. The van der Waals surface area contributed by atoms with Crippen LogP contribution in [0.4, 0.5) is 11.6 Å². The molecule has 0 fully saturated rings. The highest BCUT2D eigenvalue weighted by molar-refractivity contribution is 5.96. The normalized spacial score (nSPS) is 11.5. The first-order valence-electron chi connectivity index (χ1n) is 9.50. The van der Waals surface area contributed by atoms with Gasteiger partial charge in [0, 0.05) is 11.3 Å². The standard InChI is InChI=1S/C19H19N7O7/c20-19-25-15-14(17(29)26-19)23-11(8-22-15)7-21-10-3-1-9(2-4-10)16(28)24-12(18(30)31)5-6-13(27)33-32/h1-4,8,12,21,32H,5-7H2,(H,24,28)(H,30,31)(H3,20,22,25,26,29). The third-order valence-electron chi connectivity index (χ3n) is 4.45. The second kappa shape index (κ2) is 10.1. The smallest absolute Gasteiger partial charge is 0.342 e. The quantitative estimate of drug-likeness (QED) is 0.183. The molecule has 33 heavy (non-hydrogen) atoms. The molecule has 1 unspecified atom stereocenters. The van der Waals surface area contributed by atoms with Gasteiger partial charge in [-0.1, -0.05) is 0 Å². The van der Waals surface area contributed by atoms with Crippen LogP contribution in [0.2, 0.25) is 0 Å². The molecule has 172 valence electrons. The summed E-state index contributed by atoms with van der Waals surface area (Å²) in [6.07, 6.45) is 0.809. The second-order valence-electron chi connectivity index (χ2n) is 6.78. The molecule has 1 aromatic carbocycles.